The zero-order valence-electron chi connectivity index (χ0n) is 14.3. The van der Waals surface area contributed by atoms with Gasteiger partial charge in [0.25, 0.3) is 5.91 Å². The van der Waals surface area contributed by atoms with E-state index in [0.717, 1.165) is 24.2 Å². The molecule has 8 heteroatoms. The van der Waals surface area contributed by atoms with E-state index < -0.39 is 6.04 Å². The number of benzene rings is 1. The summed E-state index contributed by atoms with van der Waals surface area (Å²) in [5, 5.41) is 5.69. The number of halogens is 1. The molecule has 0 saturated carbocycles. The van der Waals surface area contributed by atoms with Crippen molar-refractivity contribution in [2.45, 2.75) is 38.0 Å². The van der Waals surface area contributed by atoms with Crippen molar-refractivity contribution < 1.29 is 14.3 Å². The van der Waals surface area contributed by atoms with Gasteiger partial charge in [-0.15, -0.1) is 12.4 Å². The Bertz CT molecular complexity index is 568. The average Bonchev–Trinajstić information content (AvgIpc) is 3.12. The normalized spacial score (nSPS) is 17.4. The molecule has 2 amide bonds. The lowest BCUT2D eigenvalue weighted by Crippen LogP contribution is -2.40. The van der Waals surface area contributed by atoms with Gasteiger partial charge < -0.3 is 21.1 Å². The van der Waals surface area contributed by atoms with E-state index >= 15 is 0 Å². The van der Waals surface area contributed by atoms with E-state index in [0.29, 0.717) is 25.3 Å². The fourth-order valence-corrected chi connectivity index (χ4v) is 2.95. The molecule has 140 valence electrons. The fraction of sp³-hybridized carbons (Fsp3) is 0.529. The largest absolute Gasteiger partial charge is 0.368 e. The summed E-state index contributed by atoms with van der Waals surface area (Å²) in [6, 6.07) is 6.93. The molecule has 2 atom stereocenters. The predicted octanol–water partition coefficient (Wildman–Crippen LogP) is 1.92. The highest BCUT2D eigenvalue weighted by molar-refractivity contribution is 7.98. The van der Waals surface area contributed by atoms with Gasteiger partial charge in [-0.3, -0.25) is 9.59 Å². The van der Waals surface area contributed by atoms with Gasteiger partial charge in [-0.1, -0.05) is 12.1 Å². The lowest BCUT2D eigenvalue weighted by Gasteiger charge is -2.13. The summed E-state index contributed by atoms with van der Waals surface area (Å²) >= 11 is 1.67. The van der Waals surface area contributed by atoms with Gasteiger partial charge >= 0.3 is 0 Å². The van der Waals surface area contributed by atoms with E-state index in [4.69, 9.17) is 10.5 Å². The number of nitrogens with one attached hydrogen (secondary N) is 2. The summed E-state index contributed by atoms with van der Waals surface area (Å²) in [5.74, 6) is 0.588. The van der Waals surface area contributed by atoms with Gasteiger partial charge in [0, 0.05) is 18.8 Å². The van der Waals surface area contributed by atoms with Crippen LogP contribution in [0.5, 0.6) is 0 Å². The molecule has 0 aliphatic carbocycles. The highest BCUT2D eigenvalue weighted by Gasteiger charge is 2.23. The molecule has 1 aliphatic heterocycles. The summed E-state index contributed by atoms with van der Waals surface area (Å²) in [6.45, 7) is 1.02. The lowest BCUT2D eigenvalue weighted by atomic mass is 10.1. The minimum atomic E-state index is -0.486. The van der Waals surface area contributed by atoms with Gasteiger partial charge in [0.15, 0.2) is 0 Å². The molecule has 1 unspecified atom stereocenters. The number of rotatable bonds is 8. The molecular weight excluding hydrogens is 362 g/mol. The van der Waals surface area contributed by atoms with E-state index in [2.05, 4.69) is 10.6 Å². The Kier molecular flexibility index (Phi) is 9.89. The summed E-state index contributed by atoms with van der Waals surface area (Å²) in [5.41, 5.74) is 7.45. The second kappa shape index (κ2) is 11.4. The van der Waals surface area contributed by atoms with E-state index in [-0.39, 0.29) is 30.3 Å². The maximum atomic E-state index is 12.1. The van der Waals surface area contributed by atoms with Gasteiger partial charge in [-0.05, 0) is 49.0 Å². The quantitative estimate of drug-likeness (QED) is 0.633. The molecule has 0 radical (unpaired) electrons. The fourth-order valence-electron chi connectivity index (χ4n) is 2.46. The molecule has 1 heterocycles. The number of amides is 2. The molecule has 4 N–H and O–H groups in total. The Labute approximate surface area is 159 Å². The predicted molar refractivity (Wildman–Crippen MR) is 104 cm³/mol. The van der Waals surface area contributed by atoms with Crippen molar-refractivity contribution in [3.8, 4) is 0 Å². The molecule has 1 aromatic rings. The third-order valence-corrected chi connectivity index (χ3v) is 4.50. The molecule has 0 spiro atoms. The number of hydrogen-bond donors (Lipinski definition) is 3. The van der Waals surface area contributed by atoms with Crippen molar-refractivity contribution in [3.05, 3.63) is 29.8 Å². The first kappa shape index (κ1) is 21.8. The van der Waals surface area contributed by atoms with Crippen molar-refractivity contribution >= 4 is 41.7 Å². The average molecular weight is 388 g/mol. The number of thioether (sulfide) groups is 1. The first-order valence-electron chi connectivity index (χ1n) is 8.14. The molecular formula is C17H26ClN3O3S. The molecule has 0 bridgehead atoms. The molecule has 1 saturated heterocycles. The number of ether oxygens (including phenoxy) is 1. The minimum Gasteiger partial charge on any atom is -0.368 e. The molecule has 1 aliphatic rings. The highest BCUT2D eigenvalue weighted by atomic mass is 35.5. The van der Waals surface area contributed by atoms with Gasteiger partial charge in [-0.2, -0.15) is 11.8 Å². The lowest BCUT2D eigenvalue weighted by molar-refractivity contribution is -0.124. The number of anilines is 1. The van der Waals surface area contributed by atoms with E-state index in [9.17, 15) is 9.59 Å². The second-order valence-corrected chi connectivity index (χ2v) is 6.78. The van der Waals surface area contributed by atoms with E-state index in [1.54, 1.807) is 11.8 Å². The van der Waals surface area contributed by atoms with Crippen LogP contribution in [-0.4, -0.2) is 42.6 Å². The standard InChI is InChI=1S/C17H25N3O3S.ClH/c1-24-9-7-14(18)16(21)19-11-12-4-2-5-13(10-12)20-17(22)15-6-3-8-23-15;/h2,4-5,10,14-15H,3,6-9,11,18H2,1H3,(H,19,21)(H,20,22);1H/t14-,15?;/m0./s1. The Morgan fingerprint density at radius 2 is 2.24 bits per heavy atom. The summed E-state index contributed by atoms with van der Waals surface area (Å²) in [4.78, 5) is 24.0. The van der Waals surface area contributed by atoms with Gasteiger partial charge in [-0.25, -0.2) is 0 Å². The van der Waals surface area contributed by atoms with Crippen molar-refractivity contribution in [1.29, 1.82) is 0 Å². The minimum absolute atomic E-state index is 0. The number of carbonyl (C=O) groups is 2. The molecule has 0 aromatic heterocycles. The Morgan fingerprint density at radius 1 is 1.44 bits per heavy atom. The first-order valence-corrected chi connectivity index (χ1v) is 9.53. The van der Waals surface area contributed by atoms with Crippen molar-refractivity contribution in [2.24, 2.45) is 5.73 Å². The highest BCUT2D eigenvalue weighted by Crippen LogP contribution is 2.16. The van der Waals surface area contributed by atoms with Crippen molar-refractivity contribution in [3.63, 3.8) is 0 Å². The molecule has 25 heavy (non-hydrogen) atoms. The number of hydrogen-bond acceptors (Lipinski definition) is 5. The van der Waals surface area contributed by atoms with E-state index in [1.807, 2.05) is 30.5 Å². The third-order valence-electron chi connectivity index (χ3n) is 3.85. The van der Waals surface area contributed by atoms with Crippen LogP contribution in [0.25, 0.3) is 0 Å². The smallest absolute Gasteiger partial charge is 0.253 e. The van der Waals surface area contributed by atoms with E-state index in [1.165, 1.54) is 0 Å². The first-order chi connectivity index (χ1) is 11.6. The monoisotopic (exact) mass is 387 g/mol. The van der Waals surface area contributed by atoms with Crippen LogP contribution in [0.3, 0.4) is 0 Å². The molecule has 1 aromatic carbocycles. The summed E-state index contributed by atoms with van der Waals surface area (Å²) in [6.07, 6.45) is 3.96. The molecule has 2 rings (SSSR count). The van der Waals surface area contributed by atoms with Crippen LogP contribution in [0.15, 0.2) is 24.3 Å². The summed E-state index contributed by atoms with van der Waals surface area (Å²) in [7, 11) is 0. The molecule has 1 fully saturated rings. The van der Waals surface area contributed by atoms with Crippen molar-refractivity contribution in [2.75, 3.05) is 23.9 Å². The van der Waals surface area contributed by atoms with Gasteiger partial charge in [0.2, 0.25) is 5.91 Å². The van der Waals surface area contributed by atoms with Crippen LogP contribution >= 0.6 is 24.2 Å². The van der Waals surface area contributed by atoms with Crippen LogP contribution in [0.1, 0.15) is 24.8 Å². The SMILES string of the molecule is CSCC[C@H](N)C(=O)NCc1cccc(NC(=O)C2CCCO2)c1.Cl. The van der Waals surface area contributed by atoms with Crippen LogP contribution in [-0.2, 0) is 20.9 Å². The molecule has 6 nitrogen and oxygen atoms in total. The summed E-state index contributed by atoms with van der Waals surface area (Å²) < 4.78 is 5.37. The van der Waals surface area contributed by atoms with Crippen LogP contribution in [0.4, 0.5) is 5.69 Å². The van der Waals surface area contributed by atoms with Crippen LogP contribution in [0, 0.1) is 0 Å². The third kappa shape index (κ3) is 7.23. The number of carbonyl (C=O) groups excluding carboxylic acids is 2. The Balaban J connectivity index is 0.00000312. The van der Waals surface area contributed by atoms with Crippen molar-refractivity contribution in [1.82, 2.24) is 5.32 Å². The number of nitrogens with two attached hydrogens (primary N) is 1. The maximum absolute atomic E-state index is 12.1. The maximum Gasteiger partial charge on any atom is 0.253 e. The zero-order chi connectivity index (χ0) is 17.4. The van der Waals surface area contributed by atoms with Crippen LogP contribution < -0.4 is 16.4 Å². The van der Waals surface area contributed by atoms with Gasteiger partial charge in [0.05, 0.1) is 6.04 Å². The zero-order valence-corrected chi connectivity index (χ0v) is 16.0. The van der Waals surface area contributed by atoms with Gasteiger partial charge in [0.1, 0.15) is 6.10 Å². The van der Waals surface area contributed by atoms with Crippen LogP contribution in [0.2, 0.25) is 0 Å². The Hall–Kier alpha value is -1.28. The Morgan fingerprint density at radius 3 is 2.92 bits per heavy atom. The topological polar surface area (TPSA) is 93.5 Å². The second-order valence-electron chi connectivity index (χ2n) is 5.80.